The first-order valence-electron chi connectivity index (χ1n) is 9.46. The topological polar surface area (TPSA) is 53.1 Å². The standard InChI is InChI=1S/C24H24FNO2/c1-17(27)5-3-2-4-6-20-11-12-21(15-23(20)25)18-7-9-19(10-8-18)22-13-14-24(28)26-16-22/h4,6-17,27H,2-3,5H2,1H3,(H,26,28). The van der Waals surface area contributed by atoms with Crippen molar-refractivity contribution in [1.82, 2.24) is 4.98 Å². The van der Waals surface area contributed by atoms with Crippen LogP contribution in [0.25, 0.3) is 28.3 Å². The Balaban J connectivity index is 1.70. The molecular formula is C24H24FNO2. The van der Waals surface area contributed by atoms with Crippen LogP contribution in [0.2, 0.25) is 0 Å². The van der Waals surface area contributed by atoms with Gasteiger partial charge in [-0.15, -0.1) is 0 Å². The molecule has 2 aromatic carbocycles. The van der Waals surface area contributed by atoms with Gasteiger partial charge in [0.2, 0.25) is 5.56 Å². The molecule has 1 heterocycles. The molecule has 2 N–H and O–H groups in total. The normalized spacial score (nSPS) is 12.4. The SMILES string of the molecule is CC(O)CCCC=Cc1ccc(-c2ccc(-c3ccc(=O)[nH]c3)cc2)cc1F. The van der Waals surface area contributed by atoms with Gasteiger partial charge < -0.3 is 10.1 Å². The molecule has 1 aromatic heterocycles. The van der Waals surface area contributed by atoms with E-state index in [0.717, 1.165) is 41.5 Å². The summed E-state index contributed by atoms with van der Waals surface area (Å²) in [6, 6.07) is 16.3. The van der Waals surface area contributed by atoms with Crippen molar-refractivity contribution in [3.63, 3.8) is 0 Å². The van der Waals surface area contributed by atoms with Gasteiger partial charge in [0.1, 0.15) is 5.82 Å². The van der Waals surface area contributed by atoms with E-state index < -0.39 is 0 Å². The third kappa shape index (κ3) is 5.27. The summed E-state index contributed by atoms with van der Waals surface area (Å²) in [7, 11) is 0. The molecule has 0 aliphatic carbocycles. The Kier molecular flexibility index (Phi) is 6.56. The van der Waals surface area contributed by atoms with Gasteiger partial charge in [-0.3, -0.25) is 4.79 Å². The average Bonchev–Trinajstić information content (AvgIpc) is 2.69. The summed E-state index contributed by atoms with van der Waals surface area (Å²) in [6.45, 7) is 1.77. The lowest BCUT2D eigenvalue weighted by Crippen LogP contribution is -2.01. The zero-order valence-electron chi connectivity index (χ0n) is 15.9. The van der Waals surface area contributed by atoms with Crippen LogP contribution in [-0.2, 0) is 0 Å². The minimum Gasteiger partial charge on any atom is -0.393 e. The molecule has 0 saturated carbocycles. The smallest absolute Gasteiger partial charge is 0.247 e. The molecule has 144 valence electrons. The Morgan fingerprint density at radius 1 is 1.00 bits per heavy atom. The number of allylic oxidation sites excluding steroid dienone is 1. The molecule has 1 unspecified atom stereocenters. The molecule has 0 aliphatic heterocycles. The largest absolute Gasteiger partial charge is 0.393 e. The third-order valence-electron chi connectivity index (χ3n) is 4.63. The van der Waals surface area contributed by atoms with Crippen molar-refractivity contribution in [2.75, 3.05) is 0 Å². The zero-order valence-corrected chi connectivity index (χ0v) is 15.9. The second kappa shape index (κ2) is 9.29. The van der Waals surface area contributed by atoms with Crippen molar-refractivity contribution < 1.29 is 9.50 Å². The van der Waals surface area contributed by atoms with Gasteiger partial charge in [0.25, 0.3) is 0 Å². The van der Waals surface area contributed by atoms with E-state index in [-0.39, 0.29) is 17.5 Å². The highest BCUT2D eigenvalue weighted by Crippen LogP contribution is 2.26. The van der Waals surface area contributed by atoms with Gasteiger partial charge in [0.05, 0.1) is 6.10 Å². The maximum atomic E-state index is 14.4. The van der Waals surface area contributed by atoms with Crippen molar-refractivity contribution in [3.8, 4) is 22.3 Å². The quantitative estimate of drug-likeness (QED) is 0.541. The van der Waals surface area contributed by atoms with Crippen molar-refractivity contribution in [1.29, 1.82) is 0 Å². The minimum absolute atomic E-state index is 0.132. The van der Waals surface area contributed by atoms with Crippen LogP contribution in [0.15, 0.2) is 71.7 Å². The van der Waals surface area contributed by atoms with E-state index in [9.17, 15) is 14.3 Å². The summed E-state index contributed by atoms with van der Waals surface area (Å²) in [5.74, 6) is -0.256. The van der Waals surface area contributed by atoms with Gasteiger partial charge in [0.15, 0.2) is 0 Å². The lowest BCUT2D eigenvalue weighted by atomic mass is 10.00. The predicted octanol–water partition coefficient (Wildman–Crippen LogP) is 5.41. The number of aliphatic hydroxyl groups is 1. The second-order valence-corrected chi connectivity index (χ2v) is 6.94. The van der Waals surface area contributed by atoms with Crippen molar-refractivity contribution in [2.24, 2.45) is 0 Å². The fraction of sp³-hybridized carbons (Fsp3) is 0.208. The van der Waals surface area contributed by atoms with E-state index in [4.69, 9.17) is 0 Å². The van der Waals surface area contributed by atoms with Crippen LogP contribution in [0.5, 0.6) is 0 Å². The molecule has 0 spiro atoms. The number of halogens is 1. The van der Waals surface area contributed by atoms with Crippen LogP contribution in [0.4, 0.5) is 4.39 Å². The molecule has 3 rings (SSSR count). The molecule has 0 saturated heterocycles. The highest BCUT2D eigenvalue weighted by atomic mass is 19.1. The molecule has 28 heavy (non-hydrogen) atoms. The van der Waals surface area contributed by atoms with Crippen LogP contribution in [0, 0.1) is 5.82 Å². The molecule has 4 heteroatoms. The summed E-state index contributed by atoms with van der Waals surface area (Å²) in [6.07, 6.45) is 7.58. The van der Waals surface area contributed by atoms with Gasteiger partial charge >= 0.3 is 0 Å². The number of rotatable bonds is 7. The van der Waals surface area contributed by atoms with Gasteiger partial charge in [-0.1, -0.05) is 48.6 Å². The highest BCUT2D eigenvalue weighted by molar-refractivity contribution is 5.71. The number of aliphatic hydroxyl groups excluding tert-OH is 1. The number of nitrogens with one attached hydrogen (secondary N) is 1. The maximum Gasteiger partial charge on any atom is 0.247 e. The van der Waals surface area contributed by atoms with E-state index in [2.05, 4.69) is 4.98 Å². The van der Waals surface area contributed by atoms with Crippen LogP contribution >= 0.6 is 0 Å². The molecule has 0 radical (unpaired) electrons. The number of unbranched alkanes of at least 4 members (excludes halogenated alkanes) is 1. The van der Waals surface area contributed by atoms with Gasteiger partial charge in [-0.05, 0) is 60.6 Å². The van der Waals surface area contributed by atoms with Gasteiger partial charge in [0, 0.05) is 17.8 Å². The first-order chi connectivity index (χ1) is 13.5. The molecule has 1 atom stereocenters. The number of hydrogen-bond donors (Lipinski definition) is 2. The number of H-pyrrole nitrogens is 1. The number of hydrogen-bond acceptors (Lipinski definition) is 2. The Morgan fingerprint density at radius 3 is 2.25 bits per heavy atom. The summed E-state index contributed by atoms with van der Waals surface area (Å²) in [5.41, 5.74) is 4.08. The maximum absolute atomic E-state index is 14.4. The number of aromatic amines is 1. The Hall–Kier alpha value is -2.98. The summed E-state index contributed by atoms with van der Waals surface area (Å²) in [5, 5.41) is 9.25. The van der Waals surface area contributed by atoms with Crippen LogP contribution in [-0.4, -0.2) is 16.2 Å². The number of benzene rings is 2. The lowest BCUT2D eigenvalue weighted by molar-refractivity contribution is 0.182. The van der Waals surface area contributed by atoms with E-state index in [0.29, 0.717) is 5.56 Å². The number of pyridine rings is 1. The van der Waals surface area contributed by atoms with Crippen molar-refractivity contribution in [2.45, 2.75) is 32.3 Å². The van der Waals surface area contributed by atoms with Crippen molar-refractivity contribution in [3.05, 3.63) is 88.6 Å². The predicted molar refractivity (Wildman–Crippen MR) is 112 cm³/mol. The molecule has 0 bridgehead atoms. The molecule has 3 aromatic rings. The fourth-order valence-corrected chi connectivity index (χ4v) is 3.03. The molecule has 0 aliphatic rings. The molecule has 0 fully saturated rings. The molecule has 3 nitrogen and oxygen atoms in total. The van der Waals surface area contributed by atoms with E-state index in [1.165, 1.54) is 6.07 Å². The fourth-order valence-electron chi connectivity index (χ4n) is 3.03. The first kappa shape index (κ1) is 19.8. The second-order valence-electron chi connectivity index (χ2n) is 6.94. The number of aromatic nitrogens is 1. The third-order valence-corrected chi connectivity index (χ3v) is 4.63. The summed E-state index contributed by atoms with van der Waals surface area (Å²) in [4.78, 5) is 13.8. The van der Waals surface area contributed by atoms with Crippen LogP contribution < -0.4 is 5.56 Å². The Bertz CT molecular complexity index is 983. The summed E-state index contributed by atoms with van der Waals surface area (Å²) < 4.78 is 14.4. The Morgan fingerprint density at radius 2 is 1.64 bits per heavy atom. The minimum atomic E-state index is -0.292. The Labute approximate surface area is 164 Å². The van der Waals surface area contributed by atoms with Gasteiger partial charge in [-0.25, -0.2) is 4.39 Å². The van der Waals surface area contributed by atoms with Crippen LogP contribution in [0.1, 0.15) is 31.7 Å². The average molecular weight is 377 g/mol. The summed E-state index contributed by atoms with van der Waals surface area (Å²) >= 11 is 0. The van der Waals surface area contributed by atoms with E-state index in [1.54, 1.807) is 37.4 Å². The van der Waals surface area contributed by atoms with Crippen molar-refractivity contribution >= 4 is 6.08 Å². The van der Waals surface area contributed by atoms with E-state index >= 15 is 0 Å². The highest BCUT2D eigenvalue weighted by Gasteiger charge is 2.05. The van der Waals surface area contributed by atoms with Gasteiger partial charge in [-0.2, -0.15) is 0 Å². The molecule has 0 amide bonds. The van der Waals surface area contributed by atoms with Crippen LogP contribution in [0.3, 0.4) is 0 Å². The lowest BCUT2D eigenvalue weighted by Gasteiger charge is -2.06. The zero-order chi connectivity index (χ0) is 19.9. The molecular weight excluding hydrogens is 353 g/mol. The first-order valence-corrected chi connectivity index (χ1v) is 9.46. The monoisotopic (exact) mass is 377 g/mol. The van der Waals surface area contributed by atoms with E-state index in [1.807, 2.05) is 36.4 Å².